The van der Waals surface area contributed by atoms with Gasteiger partial charge in [-0.25, -0.2) is 0 Å². The molecule has 0 saturated carbocycles. The second-order valence-corrected chi connectivity index (χ2v) is 4.30. The van der Waals surface area contributed by atoms with Gasteiger partial charge in [-0.15, -0.1) is 0 Å². The number of carbonyl (C=O) groups excluding carboxylic acids is 1. The number of amides is 1. The summed E-state index contributed by atoms with van der Waals surface area (Å²) in [5.74, 6) is -0.00231. The van der Waals surface area contributed by atoms with Crippen LogP contribution in [0, 0.1) is 6.92 Å². The van der Waals surface area contributed by atoms with Gasteiger partial charge >= 0.3 is 0 Å². The molecule has 1 aliphatic rings. The number of nitrogens with one attached hydrogen (secondary N) is 2. The molecular formula is C11H18N4O. The molecule has 1 aromatic heterocycles. The number of aryl methyl sites for hydroxylation is 2. The smallest absolute Gasteiger partial charge is 0.254 e. The summed E-state index contributed by atoms with van der Waals surface area (Å²) in [6.07, 6.45) is 3.78. The number of hydrogen-bond acceptors (Lipinski definition) is 3. The minimum absolute atomic E-state index is 0.00231. The van der Waals surface area contributed by atoms with Crippen LogP contribution in [0.25, 0.3) is 0 Å². The molecule has 2 rings (SSSR count). The third-order valence-electron chi connectivity index (χ3n) is 2.93. The molecule has 88 valence electrons. The lowest BCUT2D eigenvalue weighted by Gasteiger charge is -2.23. The van der Waals surface area contributed by atoms with Crippen molar-refractivity contribution in [3.63, 3.8) is 0 Å². The number of aromatic nitrogens is 2. The molecule has 0 radical (unpaired) electrons. The SMILES string of the molecule is Cc1nn(C)cc1C(=O)NC1CCNCC1. The first-order chi connectivity index (χ1) is 7.66. The normalized spacial score (nSPS) is 17.4. The molecule has 0 spiro atoms. The highest BCUT2D eigenvalue weighted by Gasteiger charge is 2.18. The van der Waals surface area contributed by atoms with E-state index in [-0.39, 0.29) is 5.91 Å². The molecule has 1 aliphatic heterocycles. The summed E-state index contributed by atoms with van der Waals surface area (Å²) in [6, 6.07) is 0.299. The Morgan fingerprint density at radius 1 is 1.56 bits per heavy atom. The predicted molar refractivity (Wildman–Crippen MR) is 61.3 cm³/mol. The van der Waals surface area contributed by atoms with Gasteiger partial charge < -0.3 is 10.6 Å². The van der Waals surface area contributed by atoms with E-state index in [1.54, 1.807) is 10.9 Å². The molecule has 1 saturated heterocycles. The Hall–Kier alpha value is -1.36. The molecule has 0 bridgehead atoms. The lowest BCUT2D eigenvalue weighted by atomic mass is 10.1. The standard InChI is InChI=1S/C11H18N4O/c1-8-10(7-15(2)14-8)11(16)13-9-3-5-12-6-4-9/h7,9,12H,3-6H2,1-2H3,(H,13,16). The van der Waals surface area contributed by atoms with Gasteiger partial charge in [0.05, 0.1) is 11.3 Å². The third kappa shape index (κ3) is 2.41. The third-order valence-corrected chi connectivity index (χ3v) is 2.93. The summed E-state index contributed by atoms with van der Waals surface area (Å²) in [5, 5.41) is 10.5. The van der Waals surface area contributed by atoms with E-state index < -0.39 is 0 Å². The van der Waals surface area contributed by atoms with Crippen molar-refractivity contribution >= 4 is 5.91 Å². The Bertz CT molecular complexity index is 379. The summed E-state index contributed by atoms with van der Waals surface area (Å²) >= 11 is 0. The molecule has 0 atom stereocenters. The van der Waals surface area contributed by atoms with Crippen molar-refractivity contribution in [3.8, 4) is 0 Å². The van der Waals surface area contributed by atoms with Gasteiger partial charge in [0.1, 0.15) is 0 Å². The van der Waals surface area contributed by atoms with Gasteiger partial charge in [0.15, 0.2) is 0 Å². The van der Waals surface area contributed by atoms with Crippen LogP contribution in [0.3, 0.4) is 0 Å². The van der Waals surface area contributed by atoms with Gasteiger partial charge in [-0.2, -0.15) is 5.10 Å². The molecule has 1 fully saturated rings. The monoisotopic (exact) mass is 222 g/mol. The molecule has 0 unspecified atom stereocenters. The number of rotatable bonds is 2. The van der Waals surface area contributed by atoms with Crippen molar-refractivity contribution in [1.82, 2.24) is 20.4 Å². The first kappa shape index (κ1) is 11.1. The van der Waals surface area contributed by atoms with Crippen LogP contribution in [0.1, 0.15) is 28.9 Å². The van der Waals surface area contributed by atoms with Crippen LogP contribution in [0.15, 0.2) is 6.20 Å². The minimum Gasteiger partial charge on any atom is -0.349 e. The van der Waals surface area contributed by atoms with Crippen LogP contribution in [-0.4, -0.2) is 34.8 Å². The highest BCUT2D eigenvalue weighted by atomic mass is 16.1. The maximum atomic E-state index is 12.0. The van der Waals surface area contributed by atoms with Crippen LogP contribution in [0.5, 0.6) is 0 Å². The zero-order valence-corrected chi connectivity index (χ0v) is 9.79. The van der Waals surface area contributed by atoms with E-state index in [0.717, 1.165) is 31.6 Å². The van der Waals surface area contributed by atoms with Crippen LogP contribution in [0.2, 0.25) is 0 Å². The van der Waals surface area contributed by atoms with Crippen LogP contribution < -0.4 is 10.6 Å². The molecule has 0 aromatic carbocycles. The van der Waals surface area contributed by atoms with E-state index >= 15 is 0 Å². The lowest BCUT2D eigenvalue weighted by Crippen LogP contribution is -2.42. The quantitative estimate of drug-likeness (QED) is 0.752. The van der Waals surface area contributed by atoms with Gasteiger partial charge in [-0.05, 0) is 32.9 Å². The van der Waals surface area contributed by atoms with E-state index in [9.17, 15) is 4.79 Å². The van der Waals surface area contributed by atoms with Crippen molar-refractivity contribution in [2.45, 2.75) is 25.8 Å². The second-order valence-electron chi connectivity index (χ2n) is 4.30. The van der Waals surface area contributed by atoms with Crippen molar-refractivity contribution < 1.29 is 4.79 Å². The minimum atomic E-state index is -0.00231. The van der Waals surface area contributed by atoms with Crippen molar-refractivity contribution in [1.29, 1.82) is 0 Å². The largest absolute Gasteiger partial charge is 0.349 e. The van der Waals surface area contributed by atoms with E-state index in [0.29, 0.717) is 11.6 Å². The highest BCUT2D eigenvalue weighted by Crippen LogP contribution is 2.07. The van der Waals surface area contributed by atoms with E-state index in [1.807, 2.05) is 14.0 Å². The Labute approximate surface area is 95.2 Å². The Morgan fingerprint density at radius 3 is 2.81 bits per heavy atom. The number of piperidine rings is 1. The molecule has 1 amide bonds. The number of nitrogens with zero attached hydrogens (tertiary/aromatic N) is 2. The molecule has 5 nitrogen and oxygen atoms in total. The van der Waals surface area contributed by atoms with Crippen molar-refractivity contribution in [2.75, 3.05) is 13.1 Å². The topological polar surface area (TPSA) is 59.0 Å². The van der Waals surface area contributed by atoms with Gasteiger partial charge in [-0.1, -0.05) is 0 Å². The fourth-order valence-electron chi connectivity index (χ4n) is 2.05. The maximum absolute atomic E-state index is 12.0. The van der Waals surface area contributed by atoms with Crippen LogP contribution in [0.4, 0.5) is 0 Å². The van der Waals surface area contributed by atoms with Crippen LogP contribution >= 0.6 is 0 Å². The molecule has 1 aromatic rings. The first-order valence-corrected chi connectivity index (χ1v) is 5.68. The van der Waals surface area contributed by atoms with Crippen LogP contribution in [-0.2, 0) is 7.05 Å². The lowest BCUT2D eigenvalue weighted by molar-refractivity contribution is 0.0929. The molecule has 16 heavy (non-hydrogen) atoms. The Morgan fingerprint density at radius 2 is 2.25 bits per heavy atom. The molecule has 5 heteroatoms. The summed E-state index contributed by atoms with van der Waals surface area (Å²) in [7, 11) is 1.83. The fraction of sp³-hybridized carbons (Fsp3) is 0.636. The van der Waals surface area contributed by atoms with Crippen molar-refractivity contribution in [2.24, 2.45) is 7.05 Å². The van der Waals surface area contributed by atoms with Gasteiger partial charge in [0, 0.05) is 19.3 Å². The summed E-state index contributed by atoms with van der Waals surface area (Å²) in [6.45, 7) is 3.82. The average Bonchev–Trinajstić information content (AvgIpc) is 2.59. The van der Waals surface area contributed by atoms with E-state index in [2.05, 4.69) is 15.7 Å². The molecule has 2 heterocycles. The second kappa shape index (κ2) is 4.65. The summed E-state index contributed by atoms with van der Waals surface area (Å²) in [4.78, 5) is 12.0. The Kier molecular flexibility index (Phi) is 3.24. The maximum Gasteiger partial charge on any atom is 0.254 e. The fourth-order valence-corrected chi connectivity index (χ4v) is 2.05. The average molecular weight is 222 g/mol. The summed E-state index contributed by atoms with van der Waals surface area (Å²) in [5.41, 5.74) is 1.47. The van der Waals surface area contributed by atoms with E-state index in [4.69, 9.17) is 0 Å². The van der Waals surface area contributed by atoms with E-state index in [1.165, 1.54) is 0 Å². The zero-order chi connectivity index (χ0) is 11.5. The van der Waals surface area contributed by atoms with Crippen molar-refractivity contribution in [3.05, 3.63) is 17.5 Å². The first-order valence-electron chi connectivity index (χ1n) is 5.68. The van der Waals surface area contributed by atoms with Gasteiger partial charge in [0.2, 0.25) is 0 Å². The number of hydrogen-bond donors (Lipinski definition) is 2. The van der Waals surface area contributed by atoms with Gasteiger partial charge in [0.25, 0.3) is 5.91 Å². The molecular weight excluding hydrogens is 204 g/mol. The molecule has 2 N–H and O–H groups in total. The van der Waals surface area contributed by atoms with Gasteiger partial charge in [-0.3, -0.25) is 9.48 Å². The summed E-state index contributed by atoms with van der Waals surface area (Å²) < 4.78 is 1.67. The predicted octanol–water partition coefficient (Wildman–Crippen LogP) is 0.210. The Balaban J connectivity index is 1.99. The zero-order valence-electron chi connectivity index (χ0n) is 9.79. The number of carbonyl (C=O) groups is 1. The molecule has 0 aliphatic carbocycles. The highest BCUT2D eigenvalue weighted by molar-refractivity contribution is 5.95.